The molecule has 0 aliphatic carbocycles. The van der Waals surface area contributed by atoms with Gasteiger partial charge in [0.1, 0.15) is 0 Å². The molecule has 0 atom stereocenters. The van der Waals surface area contributed by atoms with Gasteiger partial charge in [-0.2, -0.15) is 0 Å². The quantitative estimate of drug-likeness (QED) is 0.732. The molecule has 0 saturated heterocycles. The maximum Gasteiger partial charge on any atom is 0.242 e. The van der Waals surface area contributed by atoms with Gasteiger partial charge in [0.2, 0.25) is 10.0 Å². The van der Waals surface area contributed by atoms with E-state index in [1.807, 2.05) is 0 Å². The number of aryl methyl sites for hydroxylation is 2. The first-order valence-electron chi connectivity index (χ1n) is 8.51. The number of nitrogens with zero attached hydrogens (tertiary/aromatic N) is 1. The Morgan fingerprint density at radius 2 is 1.58 bits per heavy atom. The summed E-state index contributed by atoms with van der Waals surface area (Å²) >= 11 is 5.44. The highest BCUT2D eigenvalue weighted by atomic mass is 32.2. The SMILES string of the molecule is CCc1cccc(CC)c1NC(=S)Nc1cccc(S(=O)(=O)N(C)C)c1. The van der Waals surface area contributed by atoms with Crippen molar-refractivity contribution in [2.45, 2.75) is 31.6 Å². The molecule has 0 amide bonds. The molecule has 0 radical (unpaired) electrons. The van der Waals surface area contributed by atoms with Gasteiger partial charge in [0.25, 0.3) is 0 Å². The molecule has 5 nitrogen and oxygen atoms in total. The first-order valence-corrected chi connectivity index (χ1v) is 10.4. The highest BCUT2D eigenvalue weighted by Crippen LogP contribution is 2.23. The summed E-state index contributed by atoms with van der Waals surface area (Å²) in [4.78, 5) is 0.221. The number of rotatable bonds is 6. The standard InChI is InChI=1S/C19H25N3O2S2/c1-5-14-9-7-10-15(6-2)18(14)21-19(25)20-16-11-8-12-17(13-16)26(23,24)22(3)4/h7-13H,5-6H2,1-4H3,(H2,20,21,25). The Morgan fingerprint density at radius 1 is 1.00 bits per heavy atom. The van der Waals surface area contributed by atoms with Crippen molar-refractivity contribution in [3.8, 4) is 0 Å². The fraction of sp³-hybridized carbons (Fsp3) is 0.316. The van der Waals surface area contributed by atoms with Crippen LogP contribution in [0.5, 0.6) is 0 Å². The van der Waals surface area contributed by atoms with Crippen LogP contribution in [0.3, 0.4) is 0 Å². The van der Waals surface area contributed by atoms with Crippen LogP contribution in [-0.4, -0.2) is 31.9 Å². The first kappa shape index (κ1) is 20.4. The van der Waals surface area contributed by atoms with Crippen molar-refractivity contribution >= 4 is 38.7 Å². The zero-order valence-corrected chi connectivity index (χ0v) is 17.2. The Balaban J connectivity index is 2.22. The van der Waals surface area contributed by atoms with E-state index in [9.17, 15) is 8.42 Å². The lowest BCUT2D eigenvalue weighted by molar-refractivity contribution is 0.521. The van der Waals surface area contributed by atoms with Crippen LogP contribution >= 0.6 is 12.2 Å². The van der Waals surface area contributed by atoms with Crippen molar-refractivity contribution in [1.82, 2.24) is 4.31 Å². The largest absolute Gasteiger partial charge is 0.332 e. The second kappa shape index (κ2) is 8.62. The molecular weight excluding hydrogens is 366 g/mol. The number of nitrogens with one attached hydrogen (secondary N) is 2. The van der Waals surface area contributed by atoms with E-state index in [-0.39, 0.29) is 4.90 Å². The van der Waals surface area contributed by atoms with E-state index in [1.165, 1.54) is 29.5 Å². The first-order chi connectivity index (χ1) is 12.3. The number of anilines is 2. The Bertz CT molecular complexity index is 871. The molecule has 0 aliphatic rings. The smallest absolute Gasteiger partial charge is 0.242 e. The Morgan fingerprint density at radius 3 is 2.12 bits per heavy atom. The van der Waals surface area contributed by atoms with E-state index < -0.39 is 10.0 Å². The number of thiocarbonyl (C=S) groups is 1. The van der Waals surface area contributed by atoms with E-state index in [0.29, 0.717) is 10.8 Å². The van der Waals surface area contributed by atoms with Gasteiger partial charge in [0, 0.05) is 25.5 Å². The summed E-state index contributed by atoms with van der Waals surface area (Å²) in [5.74, 6) is 0. The highest BCUT2D eigenvalue weighted by Gasteiger charge is 2.17. The third-order valence-electron chi connectivity index (χ3n) is 4.11. The average Bonchev–Trinajstić information content (AvgIpc) is 2.61. The molecule has 0 aliphatic heterocycles. The normalized spacial score (nSPS) is 11.4. The summed E-state index contributed by atoms with van der Waals surface area (Å²) in [6.45, 7) is 4.21. The molecule has 2 aromatic carbocycles. The second-order valence-corrected chi connectivity index (χ2v) is 8.61. The predicted molar refractivity (Wildman–Crippen MR) is 112 cm³/mol. The maximum absolute atomic E-state index is 12.3. The van der Waals surface area contributed by atoms with Gasteiger partial charge in [-0.15, -0.1) is 0 Å². The lowest BCUT2D eigenvalue weighted by Gasteiger charge is -2.17. The summed E-state index contributed by atoms with van der Waals surface area (Å²) in [5.41, 5.74) is 4.03. The lowest BCUT2D eigenvalue weighted by atomic mass is 10.0. The van der Waals surface area contributed by atoms with Crippen LogP contribution in [0.2, 0.25) is 0 Å². The van der Waals surface area contributed by atoms with Crippen molar-refractivity contribution in [3.05, 3.63) is 53.6 Å². The van der Waals surface area contributed by atoms with Crippen molar-refractivity contribution in [3.63, 3.8) is 0 Å². The lowest BCUT2D eigenvalue weighted by Crippen LogP contribution is -2.23. The van der Waals surface area contributed by atoms with Gasteiger partial charge in [0.15, 0.2) is 5.11 Å². The number of hydrogen-bond donors (Lipinski definition) is 2. The molecule has 2 aromatic rings. The molecule has 2 N–H and O–H groups in total. The minimum Gasteiger partial charge on any atom is -0.332 e. The van der Waals surface area contributed by atoms with Crippen LogP contribution in [-0.2, 0) is 22.9 Å². The van der Waals surface area contributed by atoms with Crippen LogP contribution in [0.1, 0.15) is 25.0 Å². The molecular formula is C19H25N3O2S2. The van der Waals surface area contributed by atoms with E-state index in [4.69, 9.17) is 12.2 Å². The maximum atomic E-state index is 12.3. The molecule has 0 spiro atoms. The van der Waals surface area contributed by atoms with E-state index in [0.717, 1.165) is 18.5 Å². The average molecular weight is 392 g/mol. The van der Waals surface area contributed by atoms with E-state index in [2.05, 4.69) is 42.7 Å². The van der Waals surface area contributed by atoms with Crippen molar-refractivity contribution in [2.75, 3.05) is 24.7 Å². The summed E-state index contributed by atoms with van der Waals surface area (Å²) in [6, 6.07) is 12.8. The van der Waals surface area contributed by atoms with Crippen LogP contribution in [0, 0.1) is 0 Å². The Kier molecular flexibility index (Phi) is 6.75. The topological polar surface area (TPSA) is 61.4 Å². The molecule has 0 bridgehead atoms. The Hall–Kier alpha value is -1.96. The summed E-state index contributed by atoms with van der Waals surface area (Å²) in [5, 5.41) is 6.78. The molecule has 2 rings (SSSR count). The van der Waals surface area contributed by atoms with E-state index >= 15 is 0 Å². The second-order valence-electron chi connectivity index (χ2n) is 6.05. The molecule has 0 fully saturated rings. The fourth-order valence-corrected chi connectivity index (χ4v) is 3.79. The number of para-hydroxylation sites is 1. The number of hydrogen-bond acceptors (Lipinski definition) is 3. The van der Waals surface area contributed by atoms with E-state index in [1.54, 1.807) is 24.3 Å². The molecule has 26 heavy (non-hydrogen) atoms. The summed E-state index contributed by atoms with van der Waals surface area (Å²) < 4.78 is 25.7. The van der Waals surface area contributed by atoms with Crippen molar-refractivity contribution < 1.29 is 8.42 Å². The molecule has 0 unspecified atom stereocenters. The van der Waals surface area contributed by atoms with Gasteiger partial charge < -0.3 is 10.6 Å². The van der Waals surface area contributed by atoms with Gasteiger partial charge in [-0.3, -0.25) is 0 Å². The third kappa shape index (κ3) is 4.60. The van der Waals surface area contributed by atoms with Crippen LogP contribution in [0.4, 0.5) is 11.4 Å². The van der Waals surface area contributed by atoms with Crippen molar-refractivity contribution in [2.24, 2.45) is 0 Å². The zero-order valence-electron chi connectivity index (χ0n) is 15.5. The third-order valence-corrected chi connectivity index (χ3v) is 6.12. The van der Waals surface area contributed by atoms with Gasteiger partial charge in [-0.05, 0) is 54.4 Å². The van der Waals surface area contributed by atoms with Gasteiger partial charge in [-0.25, -0.2) is 12.7 Å². The van der Waals surface area contributed by atoms with Crippen LogP contribution in [0.25, 0.3) is 0 Å². The van der Waals surface area contributed by atoms with Gasteiger partial charge in [-0.1, -0.05) is 38.1 Å². The number of sulfonamides is 1. The zero-order chi connectivity index (χ0) is 19.3. The molecule has 0 aromatic heterocycles. The monoisotopic (exact) mass is 391 g/mol. The highest BCUT2D eigenvalue weighted by molar-refractivity contribution is 7.89. The minimum absolute atomic E-state index is 0.221. The minimum atomic E-state index is -3.49. The van der Waals surface area contributed by atoms with Crippen LogP contribution < -0.4 is 10.6 Å². The molecule has 140 valence electrons. The predicted octanol–water partition coefficient (Wildman–Crippen LogP) is 3.87. The molecule has 0 heterocycles. The molecule has 0 saturated carbocycles. The fourth-order valence-electron chi connectivity index (χ4n) is 2.62. The van der Waals surface area contributed by atoms with Crippen LogP contribution in [0.15, 0.2) is 47.4 Å². The summed E-state index contributed by atoms with van der Waals surface area (Å²) in [7, 11) is -0.467. The van der Waals surface area contributed by atoms with Crippen molar-refractivity contribution in [1.29, 1.82) is 0 Å². The Labute approximate surface area is 161 Å². The van der Waals surface area contributed by atoms with Gasteiger partial charge >= 0.3 is 0 Å². The molecule has 7 heteroatoms. The number of benzene rings is 2. The summed E-state index contributed by atoms with van der Waals surface area (Å²) in [6.07, 6.45) is 1.80. The van der Waals surface area contributed by atoms with Gasteiger partial charge in [0.05, 0.1) is 4.90 Å².